The third-order valence-electron chi connectivity index (χ3n) is 3.59. The predicted molar refractivity (Wildman–Crippen MR) is 92.0 cm³/mol. The lowest BCUT2D eigenvalue weighted by atomic mass is 10.0. The van der Waals surface area contributed by atoms with E-state index in [0.29, 0.717) is 6.54 Å². The Bertz CT molecular complexity index is 574. The summed E-state index contributed by atoms with van der Waals surface area (Å²) in [6.07, 6.45) is 0. The number of likely N-dealkylation sites (N-methyl/N-ethyl adjacent to an activating group) is 1. The van der Waals surface area contributed by atoms with Crippen LogP contribution in [0.4, 0.5) is 5.69 Å². The van der Waals surface area contributed by atoms with Crippen LogP contribution in [0, 0.1) is 0 Å². The van der Waals surface area contributed by atoms with E-state index < -0.39 is 0 Å². The molecular weight excluding hydrogens is 328 g/mol. The Balaban J connectivity index is 2.42. The van der Waals surface area contributed by atoms with Gasteiger partial charge in [0.2, 0.25) is 0 Å². The van der Waals surface area contributed by atoms with Crippen molar-refractivity contribution in [2.24, 2.45) is 5.73 Å². The monoisotopic (exact) mass is 348 g/mol. The summed E-state index contributed by atoms with van der Waals surface area (Å²) in [5.41, 5.74) is 8.39. The van der Waals surface area contributed by atoms with E-state index in [9.17, 15) is 0 Å². The van der Waals surface area contributed by atoms with Gasteiger partial charge in [0.05, 0.1) is 13.2 Å². The standard InChI is InChI=1S/C17H21BrN2O/c1-3-20(13-7-5-4-6-8-13)17(12-19)15-11-14(21-2)9-10-16(15)18/h4-11,17H,3,12,19H2,1-2H3. The molecule has 2 aromatic rings. The number of ether oxygens (including phenoxy) is 1. The van der Waals surface area contributed by atoms with Crippen LogP contribution in [0.25, 0.3) is 0 Å². The van der Waals surface area contributed by atoms with Crippen molar-refractivity contribution in [3.63, 3.8) is 0 Å². The van der Waals surface area contributed by atoms with E-state index in [2.05, 4.69) is 39.9 Å². The lowest BCUT2D eigenvalue weighted by molar-refractivity contribution is 0.413. The first kappa shape index (κ1) is 15.9. The molecule has 112 valence electrons. The van der Waals surface area contributed by atoms with Crippen LogP contribution in [0.2, 0.25) is 0 Å². The Kier molecular flexibility index (Phi) is 5.65. The van der Waals surface area contributed by atoms with Gasteiger partial charge in [-0.25, -0.2) is 0 Å². The van der Waals surface area contributed by atoms with Gasteiger partial charge in [0.1, 0.15) is 5.75 Å². The molecule has 0 aromatic heterocycles. The summed E-state index contributed by atoms with van der Waals surface area (Å²) in [5.74, 6) is 0.843. The van der Waals surface area contributed by atoms with Crippen LogP contribution < -0.4 is 15.4 Å². The summed E-state index contributed by atoms with van der Waals surface area (Å²) in [5, 5.41) is 0. The van der Waals surface area contributed by atoms with E-state index in [-0.39, 0.29) is 6.04 Å². The number of hydrogen-bond acceptors (Lipinski definition) is 3. The van der Waals surface area contributed by atoms with Gasteiger partial charge in [-0.2, -0.15) is 0 Å². The van der Waals surface area contributed by atoms with Crippen LogP contribution in [-0.4, -0.2) is 20.2 Å². The van der Waals surface area contributed by atoms with Crippen molar-refractivity contribution in [2.45, 2.75) is 13.0 Å². The first-order chi connectivity index (χ1) is 10.2. The highest BCUT2D eigenvalue weighted by Gasteiger charge is 2.21. The van der Waals surface area contributed by atoms with E-state index in [4.69, 9.17) is 10.5 Å². The molecular formula is C17H21BrN2O. The zero-order valence-electron chi connectivity index (χ0n) is 12.4. The Labute approximate surface area is 134 Å². The highest BCUT2D eigenvalue weighted by atomic mass is 79.9. The van der Waals surface area contributed by atoms with Gasteiger partial charge >= 0.3 is 0 Å². The Hall–Kier alpha value is -1.52. The number of nitrogens with two attached hydrogens (primary N) is 1. The van der Waals surface area contributed by atoms with Gasteiger partial charge in [-0.15, -0.1) is 0 Å². The van der Waals surface area contributed by atoms with Crippen LogP contribution >= 0.6 is 15.9 Å². The number of para-hydroxylation sites is 1. The fourth-order valence-electron chi connectivity index (χ4n) is 2.53. The Morgan fingerprint density at radius 3 is 2.48 bits per heavy atom. The van der Waals surface area contributed by atoms with E-state index in [1.807, 2.05) is 36.4 Å². The molecule has 2 aromatic carbocycles. The van der Waals surface area contributed by atoms with E-state index in [1.54, 1.807) is 7.11 Å². The Morgan fingerprint density at radius 1 is 1.19 bits per heavy atom. The van der Waals surface area contributed by atoms with Crippen molar-refractivity contribution in [3.8, 4) is 5.75 Å². The van der Waals surface area contributed by atoms with Crippen LogP contribution in [0.5, 0.6) is 5.75 Å². The summed E-state index contributed by atoms with van der Waals surface area (Å²) in [7, 11) is 1.68. The molecule has 1 unspecified atom stereocenters. The molecule has 0 saturated heterocycles. The molecule has 2 N–H and O–H groups in total. The van der Waals surface area contributed by atoms with Crippen molar-refractivity contribution in [1.29, 1.82) is 0 Å². The fourth-order valence-corrected chi connectivity index (χ4v) is 3.04. The van der Waals surface area contributed by atoms with E-state index in [1.165, 1.54) is 5.69 Å². The molecule has 2 rings (SSSR count). The molecule has 21 heavy (non-hydrogen) atoms. The molecule has 0 bridgehead atoms. The number of rotatable bonds is 6. The average molecular weight is 349 g/mol. The third kappa shape index (κ3) is 3.57. The minimum Gasteiger partial charge on any atom is -0.497 e. The smallest absolute Gasteiger partial charge is 0.119 e. The van der Waals surface area contributed by atoms with Crippen molar-refractivity contribution >= 4 is 21.6 Å². The van der Waals surface area contributed by atoms with Gasteiger partial charge in [0, 0.05) is 23.2 Å². The van der Waals surface area contributed by atoms with Crippen LogP contribution in [-0.2, 0) is 0 Å². The van der Waals surface area contributed by atoms with Gasteiger partial charge in [-0.3, -0.25) is 0 Å². The SMILES string of the molecule is CCN(c1ccccc1)C(CN)c1cc(OC)ccc1Br. The number of nitrogens with zero attached hydrogens (tertiary/aromatic N) is 1. The topological polar surface area (TPSA) is 38.5 Å². The number of benzene rings is 2. The normalized spacial score (nSPS) is 12.0. The summed E-state index contributed by atoms with van der Waals surface area (Å²) >= 11 is 3.63. The number of methoxy groups -OCH3 is 1. The van der Waals surface area contributed by atoms with Crippen LogP contribution in [0.3, 0.4) is 0 Å². The molecule has 0 aliphatic rings. The first-order valence-electron chi connectivity index (χ1n) is 7.06. The van der Waals surface area contributed by atoms with Gasteiger partial charge < -0.3 is 15.4 Å². The first-order valence-corrected chi connectivity index (χ1v) is 7.85. The van der Waals surface area contributed by atoms with Crippen molar-refractivity contribution in [2.75, 3.05) is 25.1 Å². The van der Waals surface area contributed by atoms with Crippen molar-refractivity contribution in [1.82, 2.24) is 0 Å². The second kappa shape index (κ2) is 7.48. The molecule has 0 aliphatic carbocycles. The predicted octanol–water partition coefficient (Wildman–Crippen LogP) is 3.98. The zero-order chi connectivity index (χ0) is 15.2. The highest BCUT2D eigenvalue weighted by Crippen LogP contribution is 2.33. The van der Waals surface area contributed by atoms with E-state index in [0.717, 1.165) is 22.3 Å². The summed E-state index contributed by atoms with van der Waals surface area (Å²) < 4.78 is 6.39. The van der Waals surface area contributed by atoms with Crippen molar-refractivity contribution < 1.29 is 4.74 Å². The maximum absolute atomic E-state index is 6.08. The quantitative estimate of drug-likeness (QED) is 0.857. The molecule has 0 aliphatic heterocycles. The largest absolute Gasteiger partial charge is 0.497 e. The maximum atomic E-state index is 6.08. The molecule has 4 heteroatoms. The summed E-state index contributed by atoms with van der Waals surface area (Å²) in [6, 6.07) is 16.4. The third-order valence-corrected chi connectivity index (χ3v) is 4.31. The minimum atomic E-state index is 0.0990. The molecule has 0 heterocycles. The second-order valence-corrected chi connectivity index (χ2v) is 5.61. The fraction of sp³-hybridized carbons (Fsp3) is 0.294. The summed E-state index contributed by atoms with van der Waals surface area (Å²) in [4.78, 5) is 2.31. The molecule has 0 radical (unpaired) electrons. The zero-order valence-corrected chi connectivity index (χ0v) is 14.0. The molecule has 0 fully saturated rings. The number of hydrogen-bond donors (Lipinski definition) is 1. The van der Waals surface area contributed by atoms with Gasteiger partial charge in [0.25, 0.3) is 0 Å². The maximum Gasteiger partial charge on any atom is 0.119 e. The van der Waals surface area contributed by atoms with Gasteiger partial charge in [-0.1, -0.05) is 34.1 Å². The highest BCUT2D eigenvalue weighted by molar-refractivity contribution is 9.10. The van der Waals surface area contributed by atoms with E-state index >= 15 is 0 Å². The summed E-state index contributed by atoms with van der Waals surface area (Å²) in [6.45, 7) is 3.56. The van der Waals surface area contributed by atoms with Crippen LogP contribution in [0.15, 0.2) is 53.0 Å². The van der Waals surface area contributed by atoms with Gasteiger partial charge in [0.15, 0.2) is 0 Å². The molecule has 3 nitrogen and oxygen atoms in total. The number of anilines is 1. The second-order valence-electron chi connectivity index (χ2n) is 4.76. The van der Waals surface area contributed by atoms with Crippen LogP contribution in [0.1, 0.15) is 18.5 Å². The molecule has 0 amide bonds. The van der Waals surface area contributed by atoms with Crippen molar-refractivity contribution in [3.05, 3.63) is 58.6 Å². The average Bonchev–Trinajstić information content (AvgIpc) is 2.54. The molecule has 1 atom stereocenters. The lowest BCUT2D eigenvalue weighted by Gasteiger charge is -2.33. The molecule has 0 saturated carbocycles. The lowest BCUT2D eigenvalue weighted by Crippen LogP contribution is -2.34. The van der Waals surface area contributed by atoms with Gasteiger partial charge in [-0.05, 0) is 42.8 Å². The molecule has 0 spiro atoms. The Morgan fingerprint density at radius 2 is 1.90 bits per heavy atom. The number of halogens is 1. The minimum absolute atomic E-state index is 0.0990.